The summed E-state index contributed by atoms with van der Waals surface area (Å²) in [6.07, 6.45) is 6.19. The number of aromatic nitrogens is 4. The largest absolute Gasteiger partial charge is 0.479 e. The van der Waals surface area contributed by atoms with Gasteiger partial charge in [-0.25, -0.2) is 19.7 Å². The first-order valence-electron chi connectivity index (χ1n) is 4.40. The highest BCUT2D eigenvalue weighted by Crippen LogP contribution is 2.10. The van der Waals surface area contributed by atoms with Crippen molar-refractivity contribution in [2.24, 2.45) is 0 Å². The molecule has 0 saturated carbocycles. The number of rotatable bonds is 4. The number of nitrogens with zero attached hydrogens (tertiary/aromatic N) is 4. The highest BCUT2D eigenvalue weighted by Gasteiger charge is 2.03. The molecule has 2 heterocycles. The molecular weight excluding hydrogens is 212 g/mol. The number of imidazole rings is 1. The molecule has 0 bridgehead atoms. The molecule has 16 heavy (non-hydrogen) atoms. The van der Waals surface area contributed by atoms with Gasteiger partial charge in [-0.1, -0.05) is 0 Å². The molecule has 0 aliphatic rings. The molecule has 2 aromatic heterocycles. The highest BCUT2D eigenvalue weighted by molar-refractivity contribution is 5.68. The first-order valence-corrected chi connectivity index (χ1v) is 4.40. The topological polar surface area (TPSA) is 90.1 Å². The van der Waals surface area contributed by atoms with Gasteiger partial charge in [0.05, 0.1) is 0 Å². The van der Waals surface area contributed by atoms with E-state index >= 15 is 0 Å². The van der Waals surface area contributed by atoms with Crippen LogP contribution < -0.4 is 4.74 Å². The molecule has 0 aromatic carbocycles. The van der Waals surface area contributed by atoms with Crippen LogP contribution in [0, 0.1) is 0 Å². The van der Waals surface area contributed by atoms with Gasteiger partial charge in [-0.3, -0.25) is 4.57 Å². The number of hydrogen-bond acceptors (Lipinski definition) is 5. The van der Waals surface area contributed by atoms with Gasteiger partial charge in [0.25, 0.3) is 0 Å². The van der Waals surface area contributed by atoms with Crippen molar-refractivity contribution in [2.45, 2.75) is 0 Å². The molecule has 7 heteroatoms. The Morgan fingerprint density at radius 2 is 2.38 bits per heavy atom. The second kappa shape index (κ2) is 4.39. The summed E-state index contributed by atoms with van der Waals surface area (Å²) in [7, 11) is 0. The zero-order chi connectivity index (χ0) is 11.4. The fourth-order valence-electron chi connectivity index (χ4n) is 1.08. The minimum Gasteiger partial charge on any atom is -0.479 e. The second-order valence-electron chi connectivity index (χ2n) is 2.87. The van der Waals surface area contributed by atoms with Crippen molar-refractivity contribution < 1.29 is 14.6 Å². The molecule has 0 unspecified atom stereocenters. The highest BCUT2D eigenvalue weighted by atomic mass is 16.5. The van der Waals surface area contributed by atoms with E-state index in [9.17, 15) is 4.79 Å². The molecule has 7 nitrogen and oxygen atoms in total. The zero-order valence-electron chi connectivity index (χ0n) is 8.15. The van der Waals surface area contributed by atoms with Crippen LogP contribution in [-0.4, -0.2) is 37.2 Å². The van der Waals surface area contributed by atoms with Crippen molar-refractivity contribution in [3.8, 4) is 11.7 Å². The van der Waals surface area contributed by atoms with E-state index in [2.05, 4.69) is 15.0 Å². The van der Waals surface area contributed by atoms with Gasteiger partial charge in [0.1, 0.15) is 18.5 Å². The van der Waals surface area contributed by atoms with Crippen LogP contribution in [0.4, 0.5) is 0 Å². The Labute approximate surface area is 90.4 Å². The molecule has 0 spiro atoms. The fraction of sp³-hybridized carbons (Fsp3) is 0.111. The van der Waals surface area contributed by atoms with Crippen LogP contribution in [0.3, 0.4) is 0 Å². The Morgan fingerprint density at radius 1 is 1.50 bits per heavy atom. The summed E-state index contributed by atoms with van der Waals surface area (Å²) in [4.78, 5) is 22.0. The monoisotopic (exact) mass is 220 g/mol. The van der Waals surface area contributed by atoms with Crippen LogP contribution in [0.5, 0.6) is 5.88 Å². The maximum atomic E-state index is 10.3. The van der Waals surface area contributed by atoms with Crippen molar-refractivity contribution in [1.82, 2.24) is 19.5 Å². The number of hydrogen-bond donors (Lipinski definition) is 1. The predicted octanol–water partition coefficient (Wildman–Crippen LogP) is 0.126. The van der Waals surface area contributed by atoms with E-state index in [1.165, 1.54) is 12.4 Å². The summed E-state index contributed by atoms with van der Waals surface area (Å²) in [5.74, 6) is -0.281. The molecule has 1 N–H and O–H groups in total. The number of ether oxygens (including phenoxy) is 1. The normalized spacial score (nSPS) is 10.0. The molecule has 82 valence electrons. The summed E-state index contributed by atoms with van der Waals surface area (Å²) in [6.45, 7) is -0.430. The van der Waals surface area contributed by atoms with Gasteiger partial charge in [0.15, 0.2) is 6.61 Å². The maximum Gasteiger partial charge on any atom is 0.341 e. The third kappa shape index (κ3) is 2.32. The minimum absolute atomic E-state index is 0.209. The Kier molecular flexibility index (Phi) is 2.77. The smallest absolute Gasteiger partial charge is 0.341 e. The van der Waals surface area contributed by atoms with E-state index < -0.39 is 12.6 Å². The summed E-state index contributed by atoms with van der Waals surface area (Å²) in [6, 6.07) is 1.53. The lowest BCUT2D eigenvalue weighted by molar-refractivity contribution is -0.139. The predicted molar refractivity (Wildman–Crippen MR) is 52.3 cm³/mol. The van der Waals surface area contributed by atoms with E-state index in [1.54, 1.807) is 23.3 Å². The summed E-state index contributed by atoms with van der Waals surface area (Å²) in [5, 5.41) is 8.44. The number of aliphatic carboxylic acids is 1. The molecule has 2 rings (SSSR count). The third-order valence-electron chi connectivity index (χ3n) is 1.74. The molecule has 0 atom stereocenters. The molecule has 0 radical (unpaired) electrons. The zero-order valence-corrected chi connectivity index (χ0v) is 8.15. The quantitative estimate of drug-likeness (QED) is 0.787. The Hall–Kier alpha value is -2.44. The standard InChI is InChI=1S/C9H8N4O3/c14-9(15)4-16-8-3-7(11-5-12-8)13-2-1-10-6-13/h1-3,5-6H,4H2,(H,14,15). The van der Waals surface area contributed by atoms with E-state index in [0.29, 0.717) is 5.82 Å². The van der Waals surface area contributed by atoms with Crippen LogP contribution >= 0.6 is 0 Å². The van der Waals surface area contributed by atoms with Gasteiger partial charge in [0, 0.05) is 18.5 Å². The van der Waals surface area contributed by atoms with Crippen LogP contribution in [-0.2, 0) is 4.79 Å². The van der Waals surface area contributed by atoms with Gasteiger partial charge >= 0.3 is 5.97 Å². The van der Waals surface area contributed by atoms with E-state index in [0.717, 1.165) is 0 Å². The summed E-state index contributed by atoms with van der Waals surface area (Å²) in [5.41, 5.74) is 0. The van der Waals surface area contributed by atoms with Gasteiger partial charge in [-0.2, -0.15) is 0 Å². The van der Waals surface area contributed by atoms with Crippen molar-refractivity contribution in [1.29, 1.82) is 0 Å². The van der Waals surface area contributed by atoms with Gasteiger partial charge in [-0.05, 0) is 0 Å². The Balaban J connectivity index is 2.17. The first kappa shape index (κ1) is 10.1. The molecule has 2 aromatic rings. The van der Waals surface area contributed by atoms with Crippen molar-refractivity contribution in [3.63, 3.8) is 0 Å². The van der Waals surface area contributed by atoms with Crippen LogP contribution in [0.15, 0.2) is 31.1 Å². The molecule has 0 aliphatic heterocycles. The molecule has 0 fully saturated rings. The van der Waals surface area contributed by atoms with E-state index in [-0.39, 0.29) is 5.88 Å². The first-order chi connectivity index (χ1) is 7.75. The number of carboxylic acid groups (broad SMARTS) is 1. The van der Waals surface area contributed by atoms with Crippen molar-refractivity contribution in [2.75, 3.05) is 6.61 Å². The second-order valence-corrected chi connectivity index (χ2v) is 2.87. The maximum absolute atomic E-state index is 10.3. The number of carbonyl (C=O) groups is 1. The SMILES string of the molecule is O=C(O)COc1cc(-n2ccnc2)ncn1. The molecule has 0 amide bonds. The van der Waals surface area contributed by atoms with E-state index in [1.807, 2.05) is 0 Å². The van der Waals surface area contributed by atoms with Gasteiger partial charge in [-0.15, -0.1) is 0 Å². The lowest BCUT2D eigenvalue weighted by Crippen LogP contribution is -2.10. The molecular formula is C9H8N4O3. The molecule has 0 aliphatic carbocycles. The number of carboxylic acids is 1. The van der Waals surface area contributed by atoms with E-state index in [4.69, 9.17) is 9.84 Å². The summed E-state index contributed by atoms with van der Waals surface area (Å²) < 4.78 is 6.58. The van der Waals surface area contributed by atoms with Gasteiger partial charge in [0.2, 0.25) is 5.88 Å². The average molecular weight is 220 g/mol. The summed E-state index contributed by atoms with van der Waals surface area (Å²) >= 11 is 0. The minimum atomic E-state index is -1.05. The van der Waals surface area contributed by atoms with Crippen molar-refractivity contribution >= 4 is 5.97 Å². The third-order valence-corrected chi connectivity index (χ3v) is 1.74. The fourth-order valence-corrected chi connectivity index (χ4v) is 1.08. The van der Waals surface area contributed by atoms with Crippen LogP contribution in [0.25, 0.3) is 5.82 Å². The van der Waals surface area contributed by atoms with Gasteiger partial charge < -0.3 is 9.84 Å². The lowest BCUT2D eigenvalue weighted by atomic mass is 10.5. The van der Waals surface area contributed by atoms with Crippen LogP contribution in [0.2, 0.25) is 0 Å². The average Bonchev–Trinajstić information content (AvgIpc) is 2.80. The molecule has 0 saturated heterocycles. The van der Waals surface area contributed by atoms with Crippen molar-refractivity contribution in [3.05, 3.63) is 31.1 Å². The van der Waals surface area contributed by atoms with Crippen LogP contribution in [0.1, 0.15) is 0 Å². The Bertz CT molecular complexity index is 483. The Morgan fingerprint density at radius 3 is 3.06 bits per heavy atom. The lowest BCUT2D eigenvalue weighted by Gasteiger charge is -2.04.